The van der Waals surface area contributed by atoms with E-state index in [1.165, 1.54) is 24.9 Å². The molecule has 0 amide bonds. The van der Waals surface area contributed by atoms with Gasteiger partial charge < -0.3 is 29.6 Å². The molecule has 3 aromatic rings. The number of hydrogen-bond acceptors (Lipinski definition) is 13. The van der Waals surface area contributed by atoms with Crippen LogP contribution in [0.15, 0.2) is 36.7 Å². The minimum atomic E-state index is -4.24. The second-order valence-electron chi connectivity index (χ2n) is 9.53. The predicted octanol–water partition coefficient (Wildman–Crippen LogP) is 2.09. The Morgan fingerprint density at radius 1 is 1.29 bits per heavy atom. The number of hydrogen-bond donors (Lipinski definition) is 3. The van der Waals surface area contributed by atoms with Crippen molar-refractivity contribution in [1.29, 1.82) is 5.26 Å². The van der Waals surface area contributed by atoms with Gasteiger partial charge in [0.15, 0.2) is 11.9 Å². The molecule has 6 atom stereocenters. The van der Waals surface area contributed by atoms with Gasteiger partial charge in [0, 0.05) is 7.11 Å². The summed E-state index contributed by atoms with van der Waals surface area (Å²) >= 11 is 0. The molecule has 0 bridgehead atoms. The number of nitrogens with two attached hydrogens (primary N) is 1. The normalized spacial score (nSPS) is 22.8. The molecule has 2 aromatic heterocycles. The van der Waals surface area contributed by atoms with Crippen LogP contribution in [-0.2, 0) is 34.7 Å². The van der Waals surface area contributed by atoms with Gasteiger partial charge in [-0.15, -0.1) is 0 Å². The van der Waals surface area contributed by atoms with E-state index in [9.17, 15) is 19.7 Å². The van der Waals surface area contributed by atoms with Gasteiger partial charge in [-0.3, -0.25) is 13.9 Å². The zero-order chi connectivity index (χ0) is 29.7. The summed E-state index contributed by atoms with van der Waals surface area (Å²) in [5.41, 5.74) is 6.98. The predicted molar refractivity (Wildman–Crippen MR) is 144 cm³/mol. The molecule has 1 fully saturated rings. The average Bonchev–Trinajstić information content (AvgIpc) is 3.47. The summed E-state index contributed by atoms with van der Waals surface area (Å²) in [6.45, 7) is 4.48. The summed E-state index contributed by atoms with van der Waals surface area (Å²) in [5, 5.41) is 23.4. The molecule has 1 aromatic carbocycles. The second-order valence-corrected chi connectivity index (χ2v) is 11.2. The van der Waals surface area contributed by atoms with E-state index in [4.69, 9.17) is 29.0 Å². The van der Waals surface area contributed by atoms with E-state index in [1.54, 1.807) is 44.2 Å². The maximum absolute atomic E-state index is 13.8. The number of aliphatic hydroxyl groups is 1. The van der Waals surface area contributed by atoms with Crippen molar-refractivity contribution in [3.8, 4) is 11.8 Å². The van der Waals surface area contributed by atoms with Crippen LogP contribution in [0.1, 0.15) is 32.7 Å². The lowest BCUT2D eigenvalue weighted by molar-refractivity contribution is -0.149. The highest BCUT2D eigenvalue weighted by Gasteiger charge is 2.47. The molecule has 3 heterocycles. The Morgan fingerprint density at radius 3 is 2.68 bits per heavy atom. The van der Waals surface area contributed by atoms with Crippen LogP contribution in [0.2, 0.25) is 0 Å². The van der Waals surface area contributed by atoms with Crippen LogP contribution >= 0.6 is 7.75 Å². The number of nitrogens with one attached hydrogen (secondary N) is 1. The molecule has 0 aliphatic carbocycles. The Morgan fingerprint density at radius 2 is 2.02 bits per heavy atom. The van der Waals surface area contributed by atoms with E-state index < -0.39 is 56.8 Å². The van der Waals surface area contributed by atoms with Crippen molar-refractivity contribution in [3.05, 3.63) is 42.4 Å². The summed E-state index contributed by atoms with van der Waals surface area (Å²) in [6.07, 6.45) is -2.51. The van der Waals surface area contributed by atoms with Crippen molar-refractivity contribution in [2.45, 2.75) is 58.0 Å². The molecule has 1 aliphatic heterocycles. The van der Waals surface area contributed by atoms with Crippen molar-refractivity contribution in [2.75, 3.05) is 19.5 Å². The molecule has 41 heavy (non-hydrogen) atoms. The van der Waals surface area contributed by atoms with Gasteiger partial charge in [-0.1, -0.05) is 18.2 Å². The number of nitrogen functional groups attached to an aromatic ring is 1. The minimum Gasteiger partial charge on any atom is -0.462 e. The summed E-state index contributed by atoms with van der Waals surface area (Å²) in [4.78, 5) is 25.1. The molecular weight excluding hydrogens is 557 g/mol. The molecule has 4 N–H and O–H groups in total. The fourth-order valence-electron chi connectivity index (χ4n) is 4.18. The fraction of sp³-hybridized carbons (Fsp3) is 0.480. The Kier molecular flexibility index (Phi) is 9.54. The van der Waals surface area contributed by atoms with Crippen molar-refractivity contribution in [1.82, 2.24) is 24.6 Å². The number of nitriles is 1. The molecule has 0 unspecified atom stereocenters. The number of ether oxygens (including phenoxy) is 3. The maximum atomic E-state index is 13.8. The third-order valence-corrected chi connectivity index (χ3v) is 7.66. The van der Waals surface area contributed by atoms with Crippen LogP contribution in [0.5, 0.6) is 5.75 Å². The van der Waals surface area contributed by atoms with Crippen LogP contribution in [0.3, 0.4) is 0 Å². The summed E-state index contributed by atoms with van der Waals surface area (Å²) in [7, 11) is -2.74. The number of carbonyl (C=O) groups excluding carboxylic acids is 1. The van der Waals surface area contributed by atoms with E-state index in [2.05, 4.69) is 20.0 Å². The molecule has 220 valence electrons. The largest absolute Gasteiger partial charge is 0.462 e. The number of aliphatic hydroxyl groups excluding tert-OH is 1. The maximum Gasteiger partial charge on any atom is 0.459 e. The highest BCUT2D eigenvalue weighted by molar-refractivity contribution is 7.52. The Bertz CT molecular complexity index is 1450. The molecule has 15 nitrogen and oxygen atoms in total. The number of benzene rings is 1. The van der Waals surface area contributed by atoms with E-state index in [0.717, 1.165) is 0 Å². The first kappa shape index (κ1) is 30.3. The summed E-state index contributed by atoms with van der Waals surface area (Å²) < 4.78 is 42.9. The van der Waals surface area contributed by atoms with Gasteiger partial charge in [0.05, 0.1) is 37.4 Å². The standard InChI is InChI=1S/C25H32N7O8P/c1-14(2)38-24(34)15(3)31-41(35,40-16-8-6-5-7-9-16)37-12-19-21(33)17(10-26)23(39-19)32-13-28-20-18(11-36-4)29-25(27)30-22(20)32/h5-9,13-15,17,19,21,23,33H,11-12H2,1-4H3,(H,31,35)(H2,27,29,30)/t15-,17+,19+,21-,23+,41-/m0/s1. The highest BCUT2D eigenvalue weighted by Crippen LogP contribution is 2.46. The zero-order valence-electron chi connectivity index (χ0n) is 22.9. The molecule has 0 saturated carbocycles. The van der Waals surface area contributed by atoms with Gasteiger partial charge in [0.2, 0.25) is 5.95 Å². The van der Waals surface area contributed by atoms with E-state index in [1.807, 2.05) is 6.07 Å². The number of esters is 1. The Labute approximate surface area is 236 Å². The Hall–Kier alpha value is -3.64. The van der Waals surface area contributed by atoms with Gasteiger partial charge in [-0.05, 0) is 32.9 Å². The number of carbonyl (C=O) groups is 1. The number of anilines is 1. The van der Waals surface area contributed by atoms with Crippen LogP contribution in [0, 0.1) is 17.2 Å². The van der Waals surface area contributed by atoms with Gasteiger partial charge in [-0.2, -0.15) is 15.3 Å². The van der Waals surface area contributed by atoms with Crippen LogP contribution in [0.25, 0.3) is 11.2 Å². The lowest BCUT2D eigenvalue weighted by Gasteiger charge is -2.25. The van der Waals surface area contributed by atoms with Gasteiger partial charge in [-0.25, -0.2) is 14.5 Å². The topological polar surface area (TPSA) is 206 Å². The molecule has 0 spiro atoms. The second kappa shape index (κ2) is 12.9. The number of fused-ring (bicyclic) bond motifs is 1. The van der Waals surface area contributed by atoms with Crippen molar-refractivity contribution in [3.63, 3.8) is 0 Å². The molecule has 4 rings (SSSR count). The van der Waals surface area contributed by atoms with Crippen molar-refractivity contribution in [2.24, 2.45) is 5.92 Å². The molecule has 16 heteroatoms. The van der Waals surface area contributed by atoms with Gasteiger partial charge in [0.25, 0.3) is 0 Å². The highest BCUT2D eigenvalue weighted by atomic mass is 31.2. The zero-order valence-corrected chi connectivity index (χ0v) is 23.8. The SMILES string of the molecule is COCc1nc(N)nc2c1ncn2[C@@H]1O[C@H](CO[P@@](=O)(N[C@@H](C)C(=O)OC(C)C)Oc2ccccc2)[C@@H](O)[C@H]1C#N. The average molecular weight is 590 g/mol. The molecule has 1 aliphatic rings. The monoisotopic (exact) mass is 589 g/mol. The van der Waals surface area contributed by atoms with E-state index >= 15 is 0 Å². The summed E-state index contributed by atoms with van der Waals surface area (Å²) in [6, 6.07) is 9.20. The van der Waals surface area contributed by atoms with Crippen molar-refractivity contribution >= 4 is 30.8 Å². The quantitative estimate of drug-likeness (QED) is 0.204. The summed E-state index contributed by atoms with van der Waals surface area (Å²) in [5.74, 6) is -1.57. The van der Waals surface area contributed by atoms with Crippen LogP contribution in [0.4, 0.5) is 5.95 Å². The lowest BCUT2D eigenvalue weighted by Crippen LogP contribution is -2.37. The van der Waals surface area contributed by atoms with Gasteiger partial charge >= 0.3 is 13.7 Å². The fourth-order valence-corrected chi connectivity index (χ4v) is 5.69. The smallest absolute Gasteiger partial charge is 0.459 e. The minimum absolute atomic E-state index is 0.0339. The van der Waals surface area contributed by atoms with Crippen LogP contribution in [-0.4, -0.2) is 68.7 Å². The van der Waals surface area contributed by atoms with Crippen molar-refractivity contribution < 1.29 is 37.7 Å². The van der Waals surface area contributed by atoms with Crippen LogP contribution < -0.4 is 15.3 Å². The number of methoxy groups -OCH3 is 1. The first-order valence-corrected chi connectivity index (χ1v) is 14.3. The van der Waals surface area contributed by atoms with E-state index in [0.29, 0.717) is 11.2 Å². The molecular formula is C25H32N7O8P. The Balaban J connectivity index is 1.56. The van der Waals surface area contributed by atoms with Gasteiger partial charge in [0.1, 0.15) is 35.4 Å². The third kappa shape index (κ3) is 6.99. The first-order valence-electron chi connectivity index (χ1n) is 12.7. The number of rotatable bonds is 12. The lowest BCUT2D eigenvalue weighted by atomic mass is 10.0. The number of aromatic nitrogens is 4. The van der Waals surface area contributed by atoms with E-state index in [-0.39, 0.29) is 24.0 Å². The molecule has 1 saturated heterocycles. The number of nitrogens with zero attached hydrogens (tertiary/aromatic N) is 5. The number of para-hydroxylation sites is 1. The molecule has 0 radical (unpaired) electrons. The third-order valence-electron chi connectivity index (χ3n) is 6.02. The first-order chi connectivity index (χ1) is 19.5. The number of imidazole rings is 1.